The molecular weight excluding hydrogens is 246 g/mol. The van der Waals surface area contributed by atoms with Gasteiger partial charge in [0.2, 0.25) is 0 Å². The van der Waals surface area contributed by atoms with E-state index < -0.39 is 0 Å². The number of halogens is 1. The molecule has 0 aromatic heterocycles. The Hall–Kier alpha value is -0.420. The number of benzene rings is 1. The van der Waals surface area contributed by atoms with Crippen molar-refractivity contribution in [3.05, 3.63) is 33.8 Å². The van der Waals surface area contributed by atoms with Gasteiger partial charge in [0.25, 0.3) is 0 Å². The molecule has 0 amide bonds. The maximum atomic E-state index is 5.48. The Kier molecular flexibility index (Phi) is 3.18. The van der Waals surface area contributed by atoms with Gasteiger partial charge in [-0.1, -0.05) is 22.0 Å². The van der Waals surface area contributed by atoms with Crippen molar-refractivity contribution in [1.82, 2.24) is 0 Å². The minimum atomic E-state index is -0.277. The molecule has 4 heteroatoms. The molecule has 2 rings (SSSR count). The predicted molar refractivity (Wildman–Crippen MR) is 56.6 cm³/mol. The van der Waals surface area contributed by atoms with Crippen LogP contribution in [-0.4, -0.2) is 12.8 Å². The average Bonchev–Trinajstić information content (AvgIpc) is 2.39. The first-order chi connectivity index (χ1) is 6.79. The molecule has 2 N–H and O–H groups in total. The van der Waals surface area contributed by atoms with E-state index in [4.69, 9.17) is 15.2 Å². The second-order valence-electron chi connectivity index (χ2n) is 3.20. The number of rotatable bonds is 1. The summed E-state index contributed by atoms with van der Waals surface area (Å²) in [5.74, 6) is 0. The molecule has 0 fully saturated rings. The van der Waals surface area contributed by atoms with Crippen LogP contribution in [0.3, 0.4) is 0 Å². The summed E-state index contributed by atoms with van der Waals surface area (Å²) in [7, 11) is 0. The lowest BCUT2D eigenvalue weighted by molar-refractivity contribution is -0.141. The van der Waals surface area contributed by atoms with Crippen LogP contribution in [0.4, 0.5) is 0 Å². The zero-order valence-electron chi connectivity index (χ0n) is 7.70. The van der Waals surface area contributed by atoms with Crippen LogP contribution in [0.1, 0.15) is 11.1 Å². The van der Waals surface area contributed by atoms with Gasteiger partial charge in [0.15, 0.2) is 6.29 Å². The first-order valence-electron chi connectivity index (χ1n) is 4.50. The minimum absolute atomic E-state index is 0.277. The van der Waals surface area contributed by atoms with Gasteiger partial charge < -0.3 is 15.2 Å². The van der Waals surface area contributed by atoms with E-state index in [1.54, 1.807) is 0 Å². The zero-order valence-corrected chi connectivity index (χ0v) is 9.29. The standard InChI is InChI=1S/C10H12BrNO2/c11-9-2-1-7-5-13-10(4-12)14-6-8(7)3-9/h1-3,10H,4-6,12H2. The molecule has 1 unspecified atom stereocenters. The van der Waals surface area contributed by atoms with Crippen LogP contribution in [0.5, 0.6) is 0 Å². The molecule has 1 aliphatic rings. The van der Waals surface area contributed by atoms with Gasteiger partial charge in [0.05, 0.1) is 13.2 Å². The highest BCUT2D eigenvalue weighted by Crippen LogP contribution is 2.21. The fourth-order valence-corrected chi connectivity index (χ4v) is 1.83. The lowest BCUT2D eigenvalue weighted by Gasteiger charge is -2.11. The van der Waals surface area contributed by atoms with Gasteiger partial charge in [-0.05, 0) is 23.3 Å². The van der Waals surface area contributed by atoms with Crippen molar-refractivity contribution in [2.75, 3.05) is 6.54 Å². The van der Waals surface area contributed by atoms with Crippen LogP contribution in [0.25, 0.3) is 0 Å². The Labute approximate surface area is 91.3 Å². The quantitative estimate of drug-likeness (QED) is 0.835. The summed E-state index contributed by atoms with van der Waals surface area (Å²) >= 11 is 3.43. The van der Waals surface area contributed by atoms with E-state index in [-0.39, 0.29) is 6.29 Å². The molecule has 0 spiro atoms. The van der Waals surface area contributed by atoms with Crippen LogP contribution >= 0.6 is 15.9 Å². The first kappa shape index (κ1) is 10.1. The van der Waals surface area contributed by atoms with Crippen molar-refractivity contribution in [3.63, 3.8) is 0 Å². The fourth-order valence-electron chi connectivity index (χ4n) is 1.42. The second-order valence-corrected chi connectivity index (χ2v) is 4.12. The van der Waals surface area contributed by atoms with E-state index in [1.807, 2.05) is 12.1 Å². The normalized spacial score (nSPS) is 21.4. The van der Waals surface area contributed by atoms with E-state index in [1.165, 1.54) is 5.56 Å². The molecule has 0 saturated heterocycles. The Balaban J connectivity index is 2.21. The van der Waals surface area contributed by atoms with Crippen molar-refractivity contribution in [1.29, 1.82) is 0 Å². The summed E-state index contributed by atoms with van der Waals surface area (Å²) < 4.78 is 12.0. The maximum Gasteiger partial charge on any atom is 0.170 e. The van der Waals surface area contributed by atoms with Crippen molar-refractivity contribution in [3.8, 4) is 0 Å². The van der Waals surface area contributed by atoms with E-state index >= 15 is 0 Å². The molecule has 1 aliphatic heterocycles. The van der Waals surface area contributed by atoms with Gasteiger partial charge in [-0.15, -0.1) is 0 Å². The summed E-state index contributed by atoms with van der Waals surface area (Å²) in [6.07, 6.45) is -0.277. The minimum Gasteiger partial charge on any atom is -0.347 e. The van der Waals surface area contributed by atoms with Crippen molar-refractivity contribution in [2.45, 2.75) is 19.5 Å². The van der Waals surface area contributed by atoms with Crippen LogP contribution < -0.4 is 5.73 Å². The monoisotopic (exact) mass is 257 g/mol. The lowest BCUT2D eigenvalue weighted by atomic mass is 10.1. The molecular formula is C10H12BrNO2. The third-order valence-corrected chi connectivity index (χ3v) is 2.70. The molecule has 0 bridgehead atoms. The van der Waals surface area contributed by atoms with Gasteiger partial charge in [-0.2, -0.15) is 0 Å². The topological polar surface area (TPSA) is 44.5 Å². The van der Waals surface area contributed by atoms with Crippen molar-refractivity contribution >= 4 is 15.9 Å². The summed E-state index contributed by atoms with van der Waals surface area (Å²) in [5, 5.41) is 0. The Morgan fingerprint density at radius 1 is 1.29 bits per heavy atom. The smallest absolute Gasteiger partial charge is 0.170 e. The summed E-state index contributed by atoms with van der Waals surface area (Å²) in [4.78, 5) is 0. The summed E-state index contributed by atoms with van der Waals surface area (Å²) in [5.41, 5.74) is 7.81. The predicted octanol–water partition coefficient (Wildman–Crippen LogP) is 1.78. The van der Waals surface area contributed by atoms with Crippen LogP contribution in [-0.2, 0) is 22.7 Å². The largest absolute Gasteiger partial charge is 0.347 e. The number of hydrogen-bond donors (Lipinski definition) is 1. The molecule has 1 aromatic carbocycles. The Morgan fingerprint density at radius 3 is 2.71 bits per heavy atom. The van der Waals surface area contributed by atoms with Crippen LogP contribution in [0, 0.1) is 0 Å². The molecule has 1 aromatic rings. The van der Waals surface area contributed by atoms with Crippen molar-refractivity contribution < 1.29 is 9.47 Å². The molecule has 1 heterocycles. The molecule has 0 aliphatic carbocycles. The Morgan fingerprint density at radius 2 is 2.00 bits per heavy atom. The number of hydrogen-bond acceptors (Lipinski definition) is 3. The van der Waals surface area contributed by atoms with E-state index in [0.717, 1.165) is 10.0 Å². The number of fused-ring (bicyclic) bond motifs is 1. The second kappa shape index (κ2) is 4.40. The summed E-state index contributed by atoms with van der Waals surface area (Å²) in [6, 6.07) is 6.10. The van der Waals surface area contributed by atoms with Gasteiger partial charge in [0, 0.05) is 11.0 Å². The van der Waals surface area contributed by atoms with Crippen LogP contribution in [0.15, 0.2) is 22.7 Å². The van der Waals surface area contributed by atoms with Gasteiger partial charge >= 0.3 is 0 Å². The molecule has 0 saturated carbocycles. The van der Waals surface area contributed by atoms with E-state index in [0.29, 0.717) is 19.8 Å². The molecule has 76 valence electrons. The fraction of sp³-hybridized carbons (Fsp3) is 0.400. The van der Waals surface area contributed by atoms with Gasteiger partial charge in [-0.3, -0.25) is 0 Å². The third kappa shape index (κ3) is 2.15. The molecule has 14 heavy (non-hydrogen) atoms. The van der Waals surface area contributed by atoms with Gasteiger partial charge in [0.1, 0.15) is 0 Å². The van der Waals surface area contributed by atoms with Crippen LogP contribution in [0.2, 0.25) is 0 Å². The number of nitrogens with two attached hydrogens (primary N) is 1. The third-order valence-electron chi connectivity index (χ3n) is 2.21. The average molecular weight is 258 g/mol. The highest BCUT2D eigenvalue weighted by Gasteiger charge is 2.15. The Bertz CT molecular complexity index is 330. The molecule has 0 radical (unpaired) electrons. The summed E-state index contributed by atoms with van der Waals surface area (Å²) in [6.45, 7) is 1.54. The van der Waals surface area contributed by atoms with E-state index in [9.17, 15) is 0 Å². The molecule has 1 atom stereocenters. The zero-order chi connectivity index (χ0) is 9.97. The number of ether oxygens (including phenoxy) is 2. The first-order valence-corrected chi connectivity index (χ1v) is 5.29. The van der Waals surface area contributed by atoms with E-state index in [2.05, 4.69) is 22.0 Å². The lowest BCUT2D eigenvalue weighted by Crippen LogP contribution is -2.24. The highest BCUT2D eigenvalue weighted by molar-refractivity contribution is 9.10. The highest BCUT2D eigenvalue weighted by atomic mass is 79.9. The van der Waals surface area contributed by atoms with Gasteiger partial charge in [-0.25, -0.2) is 0 Å². The maximum absolute atomic E-state index is 5.48. The van der Waals surface area contributed by atoms with Crippen molar-refractivity contribution in [2.24, 2.45) is 5.73 Å². The molecule has 3 nitrogen and oxygen atoms in total. The SMILES string of the molecule is NCC1OCc2ccc(Br)cc2CO1.